The van der Waals surface area contributed by atoms with Crippen LogP contribution in [0.15, 0.2) is 18.2 Å². The lowest BCUT2D eigenvalue weighted by molar-refractivity contribution is -0.385. The molecule has 2 fully saturated rings. The van der Waals surface area contributed by atoms with Crippen molar-refractivity contribution in [2.75, 3.05) is 0 Å². The maximum atomic E-state index is 10.9. The van der Waals surface area contributed by atoms with Gasteiger partial charge in [0.25, 0.3) is 11.5 Å². The van der Waals surface area contributed by atoms with Crippen LogP contribution in [0.5, 0.6) is 0 Å². The Morgan fingerprint density at radius 3 is 2.22 bits per heavy atom. The third kappa shape index (κ3) is 4.63. The van der Waals surface area contributed by atoms with Crippen LogP contribution in [-0.4, -0.2) is 22.6 Å². The Labute approximate surface area is 146 Å². The fourth-order valence-corrected chi connectivity index (χ4v) is 2.94. The van der Waals surface area contributed by atoms with Crippen LogP contribution < -0.4 is 0 Å². The second kappa shape index (κ2) is 7.24. The number of nitro benzene ring substituents is 1. The van der Waals surface area contributed by atoms with Gasteiger partial charge < -0.3 is 9.47 Å². The van der Waals surface area contributed by atoms with Crippen molar-refractivity contribution in [1.82, 2.24) is 0 Å². The Bertz CT molecular complexity index is 621. The van der Waals surface area contributed by atoms with Gasteiger partial charge in [0.1, 0.15) is 6.42 Å². The van der Waals surface area contributed by atoms with Crippen molar-refractivity contribution in [1.29, 1.82) is 0 Å². The molecule has 2 aliphatic rings. The van der Waals surface area contributed by atoms with Crippen LogP contribution in [0.25, 0.3) is 0 Å². The Hall–Kier alpha value is -1.71. The molecule has 7 nitrogen and oxygen atoms in total. The van der Waals surface area contributed by atoms with Crippen LogP contribution in [0.3, 0.4) is 0 Å². The molecule has 0 unspecified atom stereocenters. The fourth-order valence-electron chi connectivity index (χ4n) is 2.44. The van der Waals surface area contributed by atoms with E-state index in [2.05, 4.69) is 22.6 Å². The molecule has 1 spiro atoms. The molecular formula is C15H16INO6. The molecule has 23 heavy (non-hydrogen) atoms. The number of hydrogen-bond acceptors (Lipinski definition) is 6. The molecule has 0 aromatic heterocycles. The molecule has 0 amide bonds. The van der Waals surface area contributed by atoms with Crippen molar-refractivity contribution in [2.45, 2.75) is 44.8 Å². The van der Waals surface area contributed by atoms with E-state index in [9.17, 15) is 19.7 Å². The van der Waals surface area contributed by atoms with Gasteiger partial charge >= 0.3 is 11.9 Å². The predicted octanol–water partition coefficient (Wildman–Crippen LogP) is 3.25. The molecule has 1 heterocycles. The summed E-state index contributed by atoms with van der Waals surface area (Å²) in [5, 5.41) is 10.3. The van der Waals surface area contributed by atoms with Crippen molar-refractivity contribution >= 4 is 40.2 Å². The summed E-state index contributed by atoms with van der Waals surface area (Å²) >= 11 is 2.08. The summed E-state index contributed by atoms with van der Waals surface area (Å²) in [7, 11) is 0. The molecule has 8 heteroatoms. The highest BCUT2D eigenvalue weighted by molar-refractivity contribution is 14.1. The smallest absolute Gasteiger partial charge is 0.320 e. The van der Waals surface area contributed by atoms with Gasteiger partial charge in [0.2, 0.25) is 0 Å². The molecule has 1 aromatic carbocycles. The molecule has 3 rings (SSSR count). The lowest BCUT2D eigenvalue weighted by atomic mass is 10.2. The van der Waals surface area contributed by atoms with Crippen molar-refractivity contribution in [2.24, 2.45) is 0 Å². The van der Waals surface area contributed by atoms with Gasteiger partial charge in [0, 0.05) is 28.5 Å². The maximum Gasteiger partial charge on any atom is 0.320 e. The molecule has 0 atom stereocenters. The molecule has 0 radical (unpaired) electrons. The predicted molar refractivity (Wildman–Crippen MR) is 88.6 cm³/mol. The van der Waals surface area contributed by atoms with E-state index in [4.69, 9.17) is 9.47 Å². The van der Waals surface area contributed by atoms with E-state index in [-0.39, 0.29) is 17.0 Å². The molecule has 1 aliphatic carbocycles. The number of esters is 2. The summed E-state index contributed by atoms with van der Waals surface area (Å²) in [5.74, 6) is -1.78. The summed E-state index contributed by atoms with van der Waals surface area (Å²) in [4.78, 5) is 31.7. The first-order valence-electron chi connectivity index (χ1n) is 7.15. The van der Waals surface area contributed by atoms with Gasteiger partial charge in [-0.2, -0.15) is 0 Å². The van der Waals surface area contributed by atoms with E-state index in [1.165, 1.54) is 6.07 Å². The van der Waals surface area contributed by atoms with Crippen LogP contribution in [0.1, 0.15) is 37.7 Å². The van der Waals surface area contributed by atoms with E-state index < -0.39 is 17.7 Å². The summed E-state index contributed by atoms with van der Waals surface area (Å²) in [6, 6.07) is 4.83. The van der Waals surface area contributed by atoms with Crippen LogP contribution >= 0.6 is 22.6 Å². The minimum atomic E-state index is -0.883. The lowest BCUT2D eigenvalue weighted by Gasteiger charge is -2.31. The number of aryl methyl sites for hydroxylation is 1. The quantitative estimate of drug-likeness (QED) is 0.222. The van der Waals surface area contributed by atoms with Gasteiger partial charge in [-0.1, -0.05) is 6.07 Å². The highest BCUT2D eigenvalue weighted by Gasteiger charge is 2.45. The minimum absolute atomic E-state index is 0.153. The summed E-state index contributed by atoms with van der Waals surface area (Å²) in [6.07, 6.45) is 3.00. The standard InChI is InChI=1S/C8H10O4.C7H6INO2/c9-6-5-7(10)12-8(11-6)3-1-2-4-8;1-5-2-3-6(9(10)11)4-7(5)8/h1-5H2;2-4H,1H3. The molecule has 124 valence electrons. The van der Waals surface area contributed by atoms with Gasteiger partial charge in [-0.25, -0.2) is 0 Å². The number of rotatable bonds is 1. The Morgan fingerprint density at radius 1 is 1.17 bits per heavy atom. The zero-order valence-corrected chi connectivity index (χ0v) is 14.7. The number of non-ortho nitro benzene ring substituents is 1. The number of carbonyl (C=O) groups excluding carboxylic acids is 2. The Morgan fingerprint density at radius 2 is 1.74 bits per heavy atom. The number of halogens is 1. The fraction of sp³-hybridized carbons (Fsp3) is 0.467. The second-order valence-corrected chi connectivity index (χ2v) is 6.60. The highest BCUT2D eigenvalue weighted by Crippen LogP contribution is 2.37. The van der Waals surface area contributed by atoms with Gasteiger partial charge in [-0.3, -0.25) is 19.7 Å². The topological polar surface area (TPSA) is 95.7 Å². The zero-order chi connectivity index (χ0) is 17.0. The van der Waals surface area contributed by atoms with Crippen LogP contribution in [-0.2, 0) is 19.1 Å². The van der Waals surface area contributed by atoms with Crippen molar-refractivity contribution in [3.05, 3.63) is 37.4 Å². The van der Waals surface area contributed by atoms with Crippen molar-refractivity contribution < 1.29 is 24.0 Å². The van der Waals surface area contributed by atoms with Gasteiger partial charge in [0.15, 0.2) is 0 Å². The van der Waals surface area contributed by atoms with Crippen molar-refractivity contribution in [3.8, 4) is 0 Å². The largest absolute Gasteiger partial charge is 0.422 e. The average molecular weight is 433 g/mol. The van der Waals surface area contributed by atoms with E-state index in [0.29, 0.717) is 12.8 Å². The minimum Gasteiger partial charge on any atom is -0.422 e. The number of carbonyl (C=O) groups is 2. The Balaban J connectivity index is 0.000000168. The summed E-state index contributed by atoms with van der Waals surface area (Å²) in [5.41, 5.74) is 1.22. The second-order valence-electron chi connectivity index (χ2n) is 5.43. The first-order chi connectivity index (χ1) is 10.8. The summed E-state index contributed by atoms with van der Waals surface area (Å²) < 4.78 is 11.0. The molecule has 1 aromatic rings. The number of nitrogens with zero attached hydrogens (tertiary/aromatic N) is 1. The third-order valence-corrected chi connectivity index (χ3v) is 4.78. The van der Waals surface area contributed by atoms with Gasteiger partial charge in [-0.05, 0) is 47.9 Å². The third-order valence-electron chi connectivity index (χ3n) is 3.62. The van der Waals surface area contributed by atoms with E-state index >= 15 is 0 Å². The van der Waals surface area contributed by atoms with Crippen molar-refractivity contribution in [3.63, 3.8) is 0 Å². The lowest BCUT2D eigenvalue weighted by Crippen LogP contribution is -2.42. The number of ether oxygens (including phenoxy) is 2. The monoisotopic (exact) mass is 433 g/mol. The highest BCUT2D eigenvalue weighted by atomic mass is 127. The average Bonchev–Trinajstić information content (AvgIpc) is 2.88. The molecule has 0 N–H and O–H groups in total. The van der Waals surface area contributed by atoms with Crippen LogP contribution in [0.2, 0.25) is 0 Å². The maximum absolute atomic E-state index is 10.9. The molecule has 1 saturated heterocycles. The number of hydrogen-bond donors (Lipinski definition) is 0. The number of benzene rings is 1. The zero-order valence-electron chi connectivity index (χ0n) is 12.5. The molecule has 1 aliphatic heterocycles. The first kappa shape index (κ1) is 17.6. The van der Waals surface area contributed by atoms with Crippen LogP contribution in [0.4, 0.5) is 5.69 Å². The Kier molecular flexibility index (Phi) is 5.55. The number of nitro groups is 1. The van der Waals surface area contributed by atoms with Crippen LogP contribution in [0, 0.1) is 20.6 Å². The first-order valence-corrected chi connectivity index (χ1v) is 8.23. The molecular weight excluding hydrogens is 417 g/mol. The normalized spacial score (nSPS) is 18.7. The van der Waals surface area contributed by atoms with Gasteiger partial charge in [-0.15, -0.1) is 0 Å². The van der Waals surface area contributed by atoms with E-state index in [1.54, 1.807) is 12.1 Å². The molecule has 0 bridgehead atoms. The molecule has 1 saturated carbocycles. The SMILES string of the molecule is Cc1ccc([N+](=O)[O-])cc1I.O=C1CC(=O)OC2(CCCC2)O1. The van der Waals surface area contributed by atoms with E-state index in [0.717, 1.165) is 22.0 Å². The van der Waals surface area contributed by atoms with E-state index in [1.807, 2.05) is 6.92 Å². The van der Waals surface area contributed by atoms with Gasteiger partial charge in [0.05, 0.1) is 4.92 Å². The summed E-state index contributed by atoms with van der Waals surface area (Å²) in [6.45, 7) is 1.92.